The highest BCUT2D eigenvalue weighted by Gasteiger charge is 2.16. The van der Waals surface area contributed by atoms with E-state index in [-0.39, 0.29) is 30.3 Å². The summed E-state index contributed by atoms with van der Waals surface area (Å²) in [5, 5.41) is 23.7. The molecule has 4 N–H and O–H groups in total. The number of phenols is 1. The Hall–Kier alpha value is -4.11. The molecule has 0 saturated heterocycles. The van der Waals surface area contributed by atoms with Gasteiger partial charge in [-0.05, 0) is 75.0 Å². The minimum Gasteiger partial charge on any atom is -0.507 e. The van der Waals surface area contributed by atoms with Crippen LogP contribution < -0.4 is 10.6 Å². The van der Waals surface area contributed by atoms with Gasteiger partial charge in [0, 0.05) is 12.3 Å². The molecule has 9 nitrogen and oxygen atoms in total. The quantitative estimate of drug-likeness (QED) is 0.0584. The van der Waals surface area contributed by atoms with Gasteiger partial charge in [0.25, 0.3) is 0 Å². The maximum Gasteiger partial charge on any atom is 0.411 e. The van der Waals surface area contributed by atoms with Crippen LogP contribution >= 0.6 is 0 Å². The smallest absolute Gasteiger partial charge is 0.411 e. The summed E-state index contributed by atoms with van der Waals surface area (Å²) >= 11 is 0. The molecule has 0 aliphatic carbocycles. The van der Waals surface area contributed by atoms with Gasteiger partial charge in [-0.3, -0.25) is 10.1 Å². The Labute approximate surface area is 268 Å². The van der Waals surface area contributed by atoms with E-state index in [0.29, 0.717) is 24.9 Å². The van der Waals surface area contributed by atoms with Crippen LogP contribution in [0, 0.1) is 11.8 Å². The van der Waals surface area contributed by atoms with Gasteiger partial charge in [0.2, 0.25) is 5.91 Å². The molecule has 0 bridgehead atoms. The van der Waals surface area contributed by atoms with Crippen molar-refractivity contribution >= 4 is 23.7 Å². The maximum atomic E-state index is 12.4. The molecule has 1 rings (SSSR count). The van der Waals surface area contributed by atoms with Gasteiger partial charge in [0.15, 0.2) is 0 Å². The van der Waals surface area contributed by atoms with E-state index < -0.39 is 23.9 Å². The molecule has 1 aromatic rings. The van der Waals surface area contributed by atoms with Gasteiger partial charge >= 0.3 is 12.1 Å². The summed E-state index contributed by atoms with van der Waals surface area (Å²) in [5.74, 6) is -1.06. The average Bonchev–Trinajstić information content (AvgIpc) is 3.01. The van der Waals surface area contributed by atoms with Gasteiger partial charge in [-0.1, -0.05) is 88.5 Å². The van der Waals surface area contributed by atoms with Gasteiger partial charge in [-0.2, -0.15) is 0 Å². The van der Waals surface area contributed by atoms with Crippen LogP contribution in [0.2, 0.25) is 0 Å². The van der Waals surface area contributed by atoms with E-state index in [0.717, 1.165) is 50.7 Å². The van der Waals surface area contributed by atoms with Gasteiger partial charge in [-0.15, -0.1) is 0 Å². The number of nitrogens with one attached hydrogen (secondary N) is 2. The summed E-state index contributed by atoms with van der Waals surface area (Å²) < 4.78 is 10.8. The predicted octanol–water partition coefficient (Wildman–Crippen LogP) is 7.96. The zero-order valence-electron chi connectivity index (χ0n) is 27.2. The van der Waals surface area contributed by atoms with Crippen molar-refractivity contribution in [1.29, 1.82) is 0 Å². The monoisotopic (exact) mass is 624 g/mol. The summed E-state index contributed by atoms with van der Waals surface area (Å²) in [6, 6.07) is 3.63. The first-order valence-electron chi connectivity index (χ1n) is 15.9. The fourth-order valence-corrected chi connectivity index (χ4v) is 4.06. The standard InChI is InChI=1S/C36H52N2O7/c1-5-7-8-9-10-11-14-17-20-29(28(3)4)21-18-15-12-13-16-19-25-44-33(6-2)34(40)37-24-26-45-36(43)38-30-22-23-32(39)31(27-30)35(41)42/h7-8,10-13,17-18,20-23,27-29,33,39H,5-6,9,14-16,19,24-26H2,1-4H3,(H,37,40)(H,38,43)(H,41,42)/b8-7-,11-10-,13-12-,20-17-,21-18-. The maximum absolute atomic E-state index is 12.4. The Morgan fingerprint density at radius 3 is 2.16 bits per heavy atom. The van der Waals surface area contributed by atoms with Crippen LogP contribution in [0.1, 0.15) is 83.0 Å². The van der Waals surface area contributed by atoms with Crippen LogP contribution in [-0.4, -0.2) is 54.0 Å². The van der Waals surface area contributed by atoms with Crippen LogP contribution in [0.25, 0.3) is 0 Å². The zero-order valence-corrected chi connectivity index (χ0v) is 27.2. The molecule has 0 heterocycles. The molecule has 2 amide bonds. The van der Waals surface area contributed by atoms with Gasteiger partial charge in [-0.25, -0.2) is 9.59 Å². The number of anilines is 1. The lowest BCUT2D eigenvalue weighted by molar-refractivity contribution is -0.133. The first-order valence-corrected chi connectivity index (χ1v) is 15.9. The average molecular weight is 625 g/mol. The van der Waals surface area contributed by atoms with Crippen molar-refractivity contribution < 1.29 is 34.1 Å². The molecular formula is C36H52N2O7. The van der Waals surface area contributed by atoms with Crippen LogP contribution in [0.15, 0.2) is 79.0 Å². The number of aromatic carboxylic acids is 1. The number of hydrogen-bond acceptors (Lipinski definition) is 6. The van der Waals surface area contributed by atoms with Gasteiger partial charge in [0.05, 0.1) is 6.54 Å². The molecule has 2 unspecified atom stereocenters. The van der Waals surface area contributed by atoms with Crippen molar-refractivity contribution in [1.82, 2.24) is 5.32 Å². The number of unbranched alkanes of at least 4 members (excludes halogenated alkanes) is 1. The van der Waals surface area contributed by atoms with Crippen molar-refractivity contribution in [2.24, 2.45) is 11.8 Å². The molecule has 0 aliphatic heterocycles. The first-order chi connectivity index (χ1) is 21.7. The summed E-state index contributed by atoms with van der Waals surface area (Å²) in [7, 11) is 0. The van der Waals surface area contributed by atoms with E-state index in [1.807, 2.05) is 6.92 Å². The fourth-order valence-electron chi connectivity index (χ4n) is 4.06. The van der Waals surface area contributed by atoms with Crippen molar-refractivity contribution in [3.63, 3.8) is 0 Å². The van der Waals surface area contributed by atoms with Crippen molar-refractivity contribution in [3.05, 3.63) is 84.5 Å². The van der Waals surface area contributed by atoms with Gasteiger partial charge in [0.1, 0.15) is 24.0 Å². The van der Waals surface area contributed by atoms with E-state index in [9.17, 15) is 19.5 Å². The Balaban J connectivity index is 2.25. The molecule has 0 aliphatic rings. The lowest BCUT2D eigenvalue weighted by atomic mass is 9.94. The molecule has 45 heavy (non-hydrogen) atoms. The second-order valence-electron chi connectivity index (χ2n) is 10.7. The van der Waals surface area contributed by atoms with Crippen LogP contribution in [0.5, 0.6) is 5.75 Å². The SMILES string of the molecule is CC/C=C\C/C=C\C/C=C\C(/C=C\C/C=C\CCCOC(CC)C(=O)NCCOC(=O)Nc1ccc(O)c(C(=O)O)c1)C(C)C. The van der Waals surface area contributed by atoms with Crippen LogP contribution in [0.4, 0.5) is 10.5 Å². The van der Waals surface area contributed by atoms with Crippen LogP contribution in [0.3, 0.4) is 0 Å². The summed E-state index contributed by atoms with van der Waals surface area (Å²) in [5.41, 5.74) is -0.189. The molecular weight excluding hydrogens is 572 g/mol. The number of carboxylic acids is 1. The number of hydrogen-bond donors (Lipinski definition) is 4. The largest absolute Gasteiger partial charge is 0.507 e. The highest BCUT2D eigenvalue weighted by molar-refractivity contribution is 5.94. The molecule has 248 valence electrons. The van der Waals surface area contributed by atoms with Crippen LogP contribution in [-0.2, 0) is 14.3 Å². The highest BCUT2D eigenvalue weighted by Crippen LogP contribution is 2.21. The summed E-state index contributed by atoms with van der Waals surface area (Å²) in [4.78, 5) is 35.5. The Morgan fingerprint density at radius 1 is 0.889 bits per heavy atom. The zero-order chi connectivity index (χ0) is 33.3. The number of carbonyl (C=O) groups excluding carboxylic acids is 2. The lowest BCUT2D eigenvalue weighted by Gasteiger charge is -2.16. The topological polar surface area (TPSA) is 134 Å². The molecule has 0 spiro atoms. The lowest BCUT2D eigenvalue weighted by Crippen LogP contribution is -2.38. The van der Waals surface area contributed by atoms with E-state index in [1.54, 1.807) is 0 Å². The third-order valence-corrected chi connectivity index (χ3v) is 6.64. The number of carboxylic acid groups (broad SMARTS) is 1. The number of aromatic hydroxyl groups is 1. The normalized spacial score (nSPS) is 13.4. The van der Waals surface area contributed by atoms with E-state index in [1.165, 1.54) is 6.07 Å². The molecule has 0 radical (unpaired) electrons. The fraction of sp³-hybridized carbons (Fsp3) is 0.472. The Morgan fingerprint density at radius 2 is 1.53 bits per heavy atom. The number of carbonyl (C=O) groups is 3. The highest BCUT2D eigenvalue weighted by atomic mass is 16.5. The number of rotatable bonds is 22. The predicted molar refractivity (Wildman–Crippen MR) is 180 cm³/mol. The third-order valence-electron chi connectivity index (χ3n) is 6.64. The Kier molecular flexibility index (Phi) is 21.0. The number of ether oxygens (including phenoxy) is 2. The minimum absolute atomic E-state index is 0.0835. The number of benzene rings is 1. The van der Waals surface area contributed by atoms with Gasteiger partial charge < -0.3 is 25.0 Å². The van der Waals surface area contributed by atoms with E-state index >= 15 is 0 Å². The molecule has 1 aromatic carbocycles. The molecule has 9 heteroatoms. The van der Waals surface area contributed by atoms with Crippen molar-refractivity contribution in [3.8, 4) is 5.75 Å². The molecule has 2 atom stereocenters. The van der Waals surface area contributed by atoms with E-state index in [4.69, 9.17) is 14.6 Å². The molecule has 0 saturated carbocycles. The molecule has 0 aromatic heterocycles. The second-order valence-corrected chi connectivity index (χ2v) is 10.7. The molecule has 0 fully saturated rings. The summed E-state index contributed by atoms with van der Waals surface area (Å²) in [6.45, 7) is 8.95. The van der Waals surface area contributed by atoms with Crippen molar-refractivity contribution in [2.45, 2.75) is 78.7 Å². The summed E-state index contributed by atoms with van der Waals surface area (Å²) in [6.07, 6.45) is 26.8. The number of amides is 2. The van der Waals surface area contributed by atoms with Crippen molar-refractivity contribution in [2.75, 3.05) is 25.1 Å². The second kappa shape index (κ2) is 24.2. The third kappa shape index (κ3) is 18.3. The Bertz CT molecular complexity index is 1170. The number of allylic oxidation sites excluding steroid dienone is 10. The first kappa shape index (κ1) is 38.9. The minimum atomic E-state index is -1.33. The van der Waals surface area contributed by atoms with E-state index in [2.05, 4.69) is 92.2 Å².